The van der Waals surface area contributed by atoms with Gasteiger partial charge in [-0.05, 0) is 50.5 Å². The average molecular weight is 328 g/mol. The molecule has 0 bridgehead atoms. The Kier molecular flexibility index (Phi) is 4.53. The number of amides is 1. The highest BCUT2D eigenvalue weighted by Gasteiger charge is 2.36. The van der Waals surface area contributed by atoms with Gasteiger partial charge in [0.2, 0.25) is 5.91 Å². The number of fused-ring (bicyclic) bond motifs is 2. The van der Waals surface area contributed by atoms with Crippen molar-refractivity contribution < 1.29 is 4.79 Å². The van der Waals surface area contributed by atoms with E-state index in [0.717, 1.165) is 43.5 Å². The molecular formula is C19H28N4O. The molecule has 2 aliphatic heterocycles. The Morgan fingerprint density at radius 2 is 2.04 bits per heavy atom. The minimum atomic E-state index is 0.334. The summed E-state index contributed by atoms with van der Waals surface area (Å²) >= 11 is 0. The topological polar surface area (TPSA) is 49.3 Å². The fourth-order valence-electron chi connectivity index (χ4n) is 4.81. The zero-order chi connectivity index (χ0) is 16.5. The highest BCUT2D eigenvalue weighted by Crippen LogP contribution is 2.35. The van der Waals surface area contributed by atoms with Gasteiger partial charge >= 0.3 is 0 Å². The molecule has 0 N–H and O–H groups in total. The monoisotopic (exact) mass is 328 g/mol. The first-order valence-corrected chi connectivity index (χ1v) is 9.54. The van der Waals surface area contributed by atoms with E-state index in [-0.39, 0.29) is 0 Å². The van der Waals surface area contributed by atoms with E-state index in [1.807, 2.05) is 13.1 Å². The normalized spacial score (nSPS) is 27.5. The molecule has 0 spiro atoms. The van der Waals surface area contributed by atoms with Crippen LogP contribution in [-0.4, -0.2) is 51.4 Å². The summed E-state index contributed by atoms with van der Waals surface area (Å²) < 4.78 is 0. The molecule has 1 aromatic rings. The Bertz CT molecular complexity index is 615. The minimum Gasteiger partial charge on any atom is -0.338 e. The molecule has 1 aromatic heterocycles. The van der Waals surface area contributed by atoms with Crippen molar-refractivity contribution >= 4 is 5.91 Å². The molecule has 0 unspecified atom stereocenters. The molecule has 1 amide bonds. The van der Waals surface area contributed by atoms with Gasteiger partial charge in [0.25, 0.3) is 0 Å². The predicted molar refractivity (Wildman–Crippen MR) is 92.4 cm³/mol. The molecule has 1 aliphatic carbocycles. The maximum atomic E-state index is 13.0. The first-order chi connectivity index (χ1) is 11.7. The second kappa shape index (κ2) is 6.79. The Morgan fingerprint density at radius 3 is 2.96 bits per heavy atom. The highest BCUT2D eigenvalue weighted by molar-refractivity contribution is 5.78. The lowest BCUT2D eigenvalue weighted by molar-refractivity contribution is -0.139. The van der Waals surface area contributed by atoms with Crippen LogP contribution in [0.15, 0.2) is 6.20 Å². The van der Waals surface area contributed by atoms with Crippen LogP contribution in [0.1, 0.15) is 55.6 Å². The SMILES string of the molecule is Cc1ncc2c(n1)CN(CC(=O)N1CCC[C@@H]3CCCC[C@H]31)CC2. The van der Waals surface area contributed by atoms with Gasteiger partial charge in [-0.25, -0.2) is 9.97 Å². The van der Waals surface area contributed by atoms with Crippen molar-refractivity contribution in [1.82, 2.24) is 19.8 Å². The first-order valence-electron chi connectivity index (χ1n) is 9.54. The van der Waals surface area contributed by atoms with Crippen LogP contribution in [0.2, 0.25) is 0 Å². The fraction of sp³-hybridized carbons (Fsp3) is 0.737. The third-order valence-electron chi connectivity index (χ3n) is 6.07. The number of piperidine rings is 1. The summed E-state index contributed by atoms with van der Waals surface area (Å²) in [6.45, 7) is 5.16. The first kappa shape index (κ1) is 16.0. The molecule has 2 atom stereocenters. The molecule has 3 heterocycles. The minimum absolute atomic E-state index is 0.334. The lowest BCUT2D eigenvalue weighted by Gasteiger charge is -2.44. The molecule has 4 rings (SSSR count). The molecule has 2 fully saturated rings. The van der Waals surface area contributed by atoms with Gasteiger partial charge in [0.05, 0.1) is 12.2 Å². The van der Waals surface area contributed by atoms with Crippen molar-refractivity contribution in [2.24, 2.45) is 5.92 Å². The van der Waals surface area contributed by atoms with Crippen molar-refractivity contribution in [1.29, 1.82) is 0 Å². The Morgan fingerprint density at radius 1 is 1.21 bits per heavy atom. The molecule has 1 saturated heterocycles. The van der Waals surface area contributed by atoms with Gasteiger partial charge in [0.15, 0.2) is 0 Å². The quantitative estimate of drug-likeness (QED) is 0.836. The molecule has 130 valence electrons. The second-order valence-corrected chi connectivity index (χ2v) is 7.69. The average Bonchev–Trinajstić information content (AvgIpc) is 2.61. The summed E-state index contributed by atoms with van der Waals surface area (Å²) in [4.78, 5) is 26.3. The molecule has 24 heavy (non-hydrogen) atoms. The summed E-state index contributed by atoms with van der Waals surface area (Å²) in [5, 5.41) is 0. The van der Waals surface area contributed by atoms with Crippen LogP contribution < -0.4 is 0 Å². The number of nitrogens with zero attached hydrogens (tertiary/aromatic N) is 4. The lowest BCUT2D eigenvalue weighted by Crippen LogP contribution is -2.52. The third kappa shape index (κ3) is 3.18. The number of hydrogen-bond donors (Lipinski definition) is 0. The number of rotatable bonds is 2. The zero-order valence-electron chi connectivity index (χ0n) is 14.7. The highest BCUT2D eigenvalue weighted by atomic mass is 16.2. The molecule has 5 heteroatoms. The van der Waals surface area contributed by atoms with Crippen LogP contribution in [-0.2, 0) is 17.8 Å². The van der Waals surface area contributed by atoms with Gasteiger partial charge < -0.3 is 4.90 Å². The van der Waals surface area contributed by atoms with E-state index in [0.29, 0.717) is 18.5 Å². The van der Waals surface area contributed by atoms with Crippen molar-refractivity contribution in [3.63, 3.8) is 0 Å². The van der Waals surface area contributed by atoms with E-state index in [1.165, 1.54) is 44.1 Å². The van der Waals surface area contributed by atoms with Crippen molar-refractivity contribution in [2.45, 2.75) is 64.5 Å². The van der Waals surface area contributed by atoms with E-state index in [4.69, 9.17) is 0 Å². The van der Waals surface area contributed by atoms with Crippen LogP contribution in [0, 0.1) is 12.8 Å². The zero-order valence-corrected chi connectivity index (χ0v) is 14.7. The summed E-state index contributed by atoms with van der Waals surface area (Å²) in [5.74, 6) is 1.91. The number of hydrogen-bond acceptors (Lipinski definition) is 4. The van der Waals surface area contributed by atoms with Crippen LogP contribution in [0.5, 0.6) is 0 Å². The van der Waals surface area contributed by atoms with Crippen molar-refractivity contribution in [2.75, 3.05) is 19.6 Å². The van der Waals surface area contributed by atoms with Crippen LogP contribution in [0.25, 0.3) is 0 Å². The molecule has 0 radical (unpaired) electrons. The van der Waals surface area contributed by atoms with Gasteiger partial charge in [-0.1, -0.05) is 12.8 Å². The maximum Gasteiger partial charge on any atom is 0.237 e. The summed E-state index contributed by atoms with van der Waals surface area (Å²) in [5.41, 5.74) is 2.35. The summed E-state index contributed by atoms with van der Waals surface area (Å²) in [6.07, 6.45) is 10.6. The Hall–Kier alpha value is -1.49. The number of carbonyl (C=O) groups is 1. The van der Waals surface area contributed by atoms with E-state index in [1.54, 1.807) is 0 Å². The van der Waals surface area contributed by atoms with E-state index >= 15 is 0 Å². The predicted octanol–water partition coefficient (Wildman–Crippen LogP) is 2.32. The summed E-state index contributed by atoms with van der Waals surface area (Å²) in [6, 6.07) is 0.515. The van der Waals surface area contributed by atoms with E-state index in [2.05, 4.69) is 19.8 Å². The van der Waals surface area contributed by atoms with E-state index < -0.39 is 0 Å². The van der Waals surface area contributed by atoms with E-state index in [9.17, 15) is 4.79 Å². The fourth-order valence-corrected chi connectivity index (χ4v) is 4.81. The van der Waals surface area contributed by atoms with Gasteiger partial charge in [-0.3, -0.25) is 9.69 Å². The number of aryl methyl sites for hydroxylation is 1. The van der Waals surface area contributed by atoms with Crippen molar-refractivity contribution in [3.05, 3.63) is 23.3 Å². The van der Waals surface area contributed by atoms with Gasteiger partial charge in [-0.15, -0.1) is 0 Å². The standard InChI is InChI=1S/C19H28N4O/c1-14-20-11-16-8-10-22(12-17(16)21-14)13-19(24)23-9-4-6-15-5-2-3-7-18(15)23/h11,15,18H,2-10,12-13H2,1H3/t15-,18+/m0/s1. The second-order valence-electron chi connectivity index (χ2n) is 7.69. The molecule has 5 nitrogen and oxygen atoms in total. The Labute approximate surface area is 144 Å². The maximum absolute atomic E-state index is 13.0. The largest absolute Gasteiger partial charge is 0.338 e. The van der Waals surface area contributed by atoms with Crippen LogP contribution in [0.4, 0.5) is 0 Å². The van der Waals surface area contributed by atoms with Gasteiger partial charge in [0, 0.05) is 31.9 Å². The molecule has 1 saturated carbocycles. The van der Waals surface area contributed by atoms with Crippen LogP contribution >= 0.6 is 0 Å². The van der Waals surface area contributed by atoms with Gasteiger partial charge in [0.1, 0.15) is 5.82 Å². The smallest absolute Gasteiger partial charge is 0.237 e. The molecular weight excluding hydrogens is 300 g/mol. The molecule has 3 aliphatic rings. The lowest BCUT2D eigenvalue weighted by atomic mass is 9.78. The summed E-state index contributed by atoms with van der Waals surface area (Å²) in [7, 11) is 0. The number of carbonyl (C=O) groups excluding carboxylic acids is 1. The molecule has 0 aromatic carbocycles. The van der Waals surface area contributed by atoms with Crippen LogP contribution in [0.3, 0.4) is 0 Å². The van der Waals surface area contributed by atoms with Crippen molar-refractivity contribution in [3.8, 4) is 0 Å². The Balaban J connectivity index is 1.41. The third-order valence-corrected chi connectivity index (χ3v) is 6.07. The number of likely N-dealkylation sites (tertiary alicyclic amines) is 1. The van der Waals surface area contributed by atoms with Gasteiger partial charge in [-0.2, -0.15) is 0 Å². The number of aromatic nitrogens is 2.